The fraction of sp³-hybridized carbons (Fsp3) is 0.467. The molecule has 2 atom stereocenters. The van der Waals surface area contributed by atoms with E-state index in [1.54, 1.807) is 6.92 Å². The zero-order valence-corrected chi connectivity index (χ0v) is 12.4. The van der Waals surface area contributed by atoms with Crippen molar-refractivity contribution in [1.29, 1.82) is 0 Å². The molecule has 0 saturated carbocycles. The number of halogens is 3. The first-order valence-electron chi connectivity index (χ1n) is 6.95. The third-order valence-electron chi connectivity index (χ3n) is 3.40. The topological polar surface area (TPSA) is 64.6 Å². The summed E-state index contributed by atoms with van der Waals surface area (Å²) < 4.78 is 47.5. The maximum absolute atomic E-state index is 12.4. The van der Waals surface area contributed by atoms with Crippen molar-refractivity contribution in [2.45, 2.75) is 31.9 Å². The Morgan fingerprint density at radius 3 is 2.52 bits per heavy atom. The van der Waals surface area contributed by atoms with Gasteiger partial charge in [0.05, 0.1) is 18.3 Å². The van der Waals surface area contributed by atoms with E-state index < -0.39 is 23.7 Å². The van der Waals surface area contributed by atoms with Gasteiger partial charge in [-0.3, -0.25) is 9.59 Å². The number of ether oxygens (including phenoxy) is 2. The van der Waals surface area contributed by atoms with Crippen molar-refractivity contribution in [3.05, 3.63) is 35.4 Å². The molecular weight excluding hydrogens is 315 g/mol. The fourth-order valence-electron chi connectivity index (χ4n) is 2.13. The average Bonchev–Trinajstić information content (AvgIpc) is 2.79. The molecule has 0 aliphatic carbocycles. The average molecular weight is 331 g/mol. The monoisotopic (exact) mass is 331 g/mol. The highest BCUT2D eigenvalue weighted by molar-refractivity contribution is 5.92. The minimum Gasteiger partial charge on any atom is -0.368 e. The largest absolute Gasteiger partial charge is 0.416 e. The highest BCUT2D eigenvalue weighted by atomic mass is 19.4. The van der Waals surface area contributed by atoms with E-state index in [0.717, 1.165) is 12.1 Å². The molecule has 126 valence electrons. The van der Waals surface area contributed by atoms with Crippen molar-refractivity contribution < 1.29 is 32.2 Å². The third kappa shape index (κ3) is 4.77. The van der Waals surface area contributed by atoms with E-state index in [0.29, 0.717) is 5.56 Å². The molecule has 1 heterocycles. The van der Waals surface area contributed by atoms with Crippen molar-refractivity contribution in [2.75, 3.05) is 13.2 Å². The van der Waals surface area contributed by atoms with Gasteiger partial charge in [0.25, 0.3) is 0 Å². The second-order valence-electron chi connectivity index (χ2n) is 5.22. The van der Waals surface area contributed by atoms with Crippen molar-refractivity contribution in [3.63, 3.8) is 0 Å². The summed E-state index contributed by atoms with van der Waals surface area (Å²) >= 11 is 0. The maximum atomic E-state index is 12.4. The number of hydrogen-bond acceptors (Lipinski definition) is 4. The normalized spacial score (nSPS) is 21.5. The number of carbonyl (C=O) groups excluding carboxylic acids is 2. The van der Waals surface area contributed by atoms with Crippen LogP contribution in [0.25, 0.3) is 0 Å². The van der Waals surface area contributed by atoms with Gasteiger partial charge in [-0.15, -0.1) is 0 Å². The van der Waals surface area contributed by atoms with Crippen LogP contribution >= 0.6 is 0 Å². The van der Waals surface area contributed by atoms with Crippen LogP contribution in [0.15, 0.2) is 24.3 Å². The van der Waals surface area contributed by atoms with Crippen LogP contribution in [0.5, 0.6) is 0 Å². The number of hydrogen-bond donors (Lipinski definition) is 1. The smallest absolute Gasteiger partial charge is 0.368 e. The molecule has 1 fully saturated rings. The van der Waals surface area contributed by atoms with Gasteiger partial charge in [-0.05, 0) is 24.6 Å². The molecule has 0 unspecified atom stereocenters. The number of nitrogens with one attached hydrogen (secondary N) is 1. The molecule has 8 heteroatoms. The lowest BCUT2D eigenvalue weighted by Crippen LogP contribution is -2.45. The summed E-state index contributed by atoms with van der Waals surface area (Å²) in [6, 6.07) is 3.80. The molecule has 0 radical (unpaired) electrons. The standard InChI is InChI=1S/C15H16F3NO4/c1-9-14(12(20)7-23-9)19-13(21)8-22-6-10-2-4-11(5-3-10)15(16,17)18/h2-5,9,14H,6-8H2,1H3,(H,19,21)/t9-,14+/m0/s1. The Morgan fingerprint density at radius 1 is 1.35 bits per heavy atom. The molecule has 1 saturated heterocycles. The molecule has 1 N–H and O–H groups in total. The summed E-state index contributed by atoms with van der Waals surface area (Å²) in [4.78, 5) is 23.1. The second kappa shape index (κ2) is 7.10. The van der Waals surface area contributed by atoms with Gasteiger partial charge in [-0.2, -0.15) is 13.2 Å². The Kier molecular flexibility index (Phi) is 5.38. The Hall–Kier alpha value is -1.93. The van der Waals surface area contributed by atoms with Crippen LogP contribution in [0.2, 0.25) is 0 Å². The third-order valence-corrected chi connectivity index (χ3v) is 3.40. The van der Waals surface area contributed by atoms with Crippen molar-refractivity contribution in [1.82, 2.24) is 5.32 Å². The zero-order chi connectivity index (χ0) is 17.0. The first kappa shape index (κ1) is 17.4. The highest BCUT2D eigenvalue weighted by Gasteiger charge is 2.33. The number of alkyl halides is 3. The lowest BCUT2D eigenvalue weighted by molar-refractivity contribution is -0.137. The van der Waals surface area contributed by atoms with E-state index in [-0.39, 0.29) is 31.7 Å². The van der Waals surface area contributed by atoms with Gasteiger partial charge in [-0.25, -0.2) is 0 Å². The molecule has 1 aromatic carbocycles. The van der Waals surface area contributed by atoms with Crippen LogP contribution in [0.1, 0.15) is 18.1 Å². The van der Waals surface area contributed by atoms with Crippen LogP contribution in [0, 0.1) is 0 Å². The van der Waals surface area contributed by atoms with Gasteiger partial charge in [0.1, 0.15) is 19.3 Å². The molecule has 2 rings (SSSR count). The predicted octanol–water partition coefficient (Wildman–Crippen LogP) is 1.69. The first-order chi connectivity index (χ1) is 10.8. The van der Waals surface area contributed by atoms with Crippen LogP contribution in [0.4, 0.5) is 13.2 Å². The highest BCUT2D eigenvalue weighted by Crippen LogP contribution is 2.29. The van der Waals surface area contributed by atoms with Gasteiger partial charge in [0.15, 0.2) is 5.78 Å². The predicted molar refractivity (Wildman–Crippen MR) is 73.5 cm³/mol. The van der Waals surface area contributed by atoms with Gasteiger partial charge in [-0.1, -0.05) is 12.1 Å². The molecule has 5 nitrogen and oxygen atoms in total. The second-order valence-corrected chi connectivity index (χ2v) is 5.22. The van der Waals surface area contributed by atoms with Gasteiger partial charge in [0.2, 0.25) is 5.91 Å². The summed E-state index contributed by atoms with van der Waals surface area (Å²) in [6.07, 6.45) is -4.77. The van der Waals surface area contributed by atoms with Crippen LogP contribution in [-0.2, 0) is 31.8 Å². The lowest BCUT2D eigenvalue weighted by atomic mass is 10.1. The summed E-state index contributed by atoms with van der Waals surface area (Å²) in [5, 5.41) is 2.51. The number of Topliss-reactive ketones (excluding diaryl/α,β-unsaturated/α-hetero) is 1. The Morgan fingerprint density at radius 2 is 2.00 bits per heavy atom. The van der Waals surface area contributed by atoms with E-state index in [2.05, 4.69) is 5.32 Å². The Balaban J connectivity index is 1.76. The quantitative estimate of drug-likeness (QED) is 0.892. The lowest BCUT2D eigenvalue weighted by Gasteiger charge is -2.14. The van der Waals surface area contributed by atoms with E-state index in [9.17, 15) is 22.8 Å². The van der Waals surface area contributed by atoms with E-state index in [4.69, 9.17) is 9.47 Å². The van der Waals surface area contributed by atoms with Crippen molar-refractivity contribution in [3.8, 4) is 0 Å². The molecule has 0 aromatic heterocycles. The Labute approximate surface area is 130 Å². The summed E-state index contributed by atoms with van der Waals surface area (Å²) in [7, 11) is 0. The summed E-state index contributed by atoms with van der Waals surface area (Å²) in [5.41, 5.74) is -0.229. The number of ketones is 1. The molecular formula is C15H16F3NO4. The van der Waals surface area contributed by atoms with Crippen molar-refractivity contribution in [2.24, 2.45) is 0 Å². The van der Waals surface area contributed by atoms with Crippen LogP contribution < -0.4 is 5.32 Å². The molecule has 1 aliphatic rings. The Bertz CT molecular complexity index is 571. The molecule has 1 amide bonds. The first-order valence-corrected chi connectivity index (χ1v) is 6.95. The number of rotatable bonds is 5. The summed E-state index contributed by atoms with van der Waals surface area (Å²) in [6.45, 7) is 1.35. The van der Waals surface area contributed by atoms with Gasteiger partial charge < -0.3 is 14.8 Å². The minimum atomic E-state index is -4.38. The SMILES string of the molecule is C[C@@H]1OCC(=O)[C@@H]1NC(=O)COCc1ccc(C(F)(F)F)cc1. The van der Waals surface area contributed by atoms with Gasteiger partial charge >= 0.3 is 6.18 Å². The number of benzene rings is 1. The fourth-order valence-corrected chi connectivity index (χ4v) is 2.13. The van der Waals surface area contributed by atoms with E-state index >= 15 is 0 Å². The summed E-state index contributed by atoms with van der Waals surface area (Å²) in [5.74, 6) is -0.679. The van der Waals surface area contributed by atoms with E-state index in [1.165, 1.54) is 12.1 Å². The van der Waals surface area contributed by atoms with E-state index in [1.807, 2.05) is 0 Å². The van der Waals surface area contributed by atoms with Crippen LogP contribution in [-0.4, -0.2) is 37.0 Å². The zero-order valence-electron chi connectivity index (χ0n) is 12.4. The molecule has 1 aliphatic heterocycles. The molecule has 23 heavy (non-hydrogen) atoms. The maximum Gasteiger partial charge on any atom is 0.416 e. The molecule has 0 spiro atoms. The molecule has 1 aromatic rings. The van der Waals surface area contributed by atoms with Crippen molar-refractivity contribution >= 4 is 11.7 Å². The number of carbonyl (C=O) groups is 2. The number of amides is 1. The molecule has 0 bridgehead atoms. The van der Waals surface area contributed by atoms with Crippen LogP contribution in [0.3, 0.4) is 0 Å². The minimum absolute atomic E-state index is 0.00375. The van der Waals surface area contributed by atoms with Gasteiger partial charge in [0, 0.05) is 0 Å².